The van der Waals surface area contributed by atoms with Crippen LogP contribution < -0.4 is 0 Å². The summed E-state index contributed by atoms with van der Waals surface area (Å²) in [6.45, 7) is 6.59. The number of hydrogen-bond donors (Lipinski definition) is 0. The van der Waals surface area contributed by atoms with Crippen molar-refractivity contribution in [1.29, 1.82) is 0 Å². The van der Waals surface area contributed by atoms with Crippen LogP contribution in [0.2, 0.25) is 0 Å². The van der Waals surface area contributed by atoms with Crippen molar-refractivity contribution in [1.82, 2.24) is 9.21 Å². The molecule has 1 aromatic rings. The van der Waals surface area contributed by atoms with Gasteiger partial charge in [0.2, 0.25) is 10.0 Å². The van der Waals surface area contributed by atoms with E-state index in [1.807, 2.05) is 19.9 Å². The van der Waals surface area contributed by atoms with Gasteiger partial charge in [-0.15, -0.1) is 0 Å². The second kappa shape index (κ2) is 7.90. The molecule has 2 aliphatic rings. The van der Waals surface area contributed by atoms with Crippen molar-refractivity contribution < 1.29 is 17.9 Å². The fraction of sp³-hybridized carbons (Fsp3) is 0.526. The van der Waals surface area contributed by atoms with Gasteiger partial charge in [0.15, 0.2) is 0 Å². The van der Waals surface area contributed by atoms with E-state index in [9.17, 15) is 13.2 Å². The van der Waals surface area contributed by atoms with Gasteiger partial charge in [-0.2, -0.15) is 4.31 Å². The lowest BCUT2D eigenvalue weighted by atomic mass is 10.1. The highest BCUT2D eigenvalue weighted by Crippen LogP contribution is 2.22. The molecular formula is C19H26N2O4S. The van der Waals surface area contributed by atoms with Crippen molar-refractivity contribution in [3.05, 3.63) is 41.5 Å². The summed E-state index contributed by atoms with van der Waals surface area (Å²) in [6, 6.07) is 6.38. The Balaban J connectivity index is 1.82. The quantitative estimate of drug-likeness (QED) is 0.757. The van der Waals surface area contributed by atoms with Crippen molar-refractivity contribution in [2.45, 2.75) is 37.7 Å². The van der Waals surface area contributed by atoms with Crippen LogP contribution in [0.5, 0.6) is 0 Å². The molecule has 0 aliphatic carbocycles. The maximum absolute atomic E-state index is 12.9. The first-order valence-corrected chi connectivity index (χ1v) is 10.5. The highest BCUT2D eigenvalue weighted by Gasteiger charge is 2.27. The predicted octanol–water partition coefficient (Wildman–Crippen LogP) is 2.28. The molecule has 1 saturated heterocycles. The number of benzene rings is 1. The monoisotopic (exact) mass is 378 g/mol. The Morgan fingerprint density at radius 2 is 2.08 bits per heavy atom. The van der Waals surface area contributed by atoms with Crippen LogP contribution in [0.4, 0.5) is 0 Å². The molecular weight excluding hydrogens is 352 g/mol. The Bertz CT molecular complexity index is 804. The van der Waals surface area contributed by atoms with Crippen molar-refractivity contribution in [3.8, 4) is 0 Å². The van der Waals surface area contributed by atoms with Gasteiger partial charge in [-0.3, -0.25) is 4.79 Å². The zero-order valence-corrected chi connectivity index (χ0v) is 16.2. The molecule has 0 saturated carbocycles. The molecule has 1 aromatic carbocycles. The van der Waals surface area contributed by atoms with E-state index < -0.39 is 10.0 Å². The first kappa shape index (κ1) is 19.1. The van der Waals surface area contributed by atoms with Crippen LogP contribution in [0.25, 0.3) is 0 Å². The average Bonchev–Trinajstić information content (AvgIpc) is 2.86. The van der Waals surface area contributed by atoms with Gasteiger partial charge in [0.25, 0.3) is 5.91 Å². The van der Waals surface area contributed by atoms with Crippen molar-refractivity contribution in [2.24, 2.45) is 0 Å². The summed E-state index contributed by atoms with van der Waals surface area (Å²) in [6.07, 6.45) is 3.45. The lowest BCUT2D eigenvalue weighted by Crippen LogP contribution is -2.36. The van der Waals surface area contributed by atoms with Crippen LogP contribution in [-0.4, -0.2) is 62.4 Å². The van der Waals surface area contributed by atoms with E-state index in [2.05, 4.69) is 0 Å². The maximum Gasteiger partial charge on any atom is 0.253 e. The topological polar surface area (TPSA) is 66.9 Å². The molecule has 0 unspecified atom stereocenters. The Kier molecular flexibility index (Phi) is 5.79. The number of nitrogens with zero attached hydrogens (tertiary/aromatic N) is 2. The molecule has 0 radical (unpaired) electrons. The molecule has 0 aromatic heterocycles. The van der Waals surface area contributed by atoms with Crippen molar-refractivity contribution in [3.63, 3.8) is 0 Å². The number of rotatable bonds is 3. The molecule has 3 rings (SSSR count). The van der Waals surface area contributed by atoms with Crippen molar-refractivity contribution in [2.75, 3.05) is 32.8 Å². The smallest absolute Gasteiger partial charge is 0.253 e. The van der Waals surface area contributed by atoms with E-state index in [4.69, 9.17) is 4.74 Å². The number of amides is 1. The van der Waals surface area contributed by atoms with Crippen LogP contribution in [0, 0.1) is 0 Å². The molecule has 1 fully saturated rings. The minimum atomic E-state index is -3.60. The van der Waals surface area contributed by atoms with Gasteiger partial charge in [-0.25, -0.2) is 8.42 Å². The summed E-state index contributed by atoms with van der Waals surface area (Å²) >= 11 is 0. The largest absolute Gasteiger partial charge is 0.377 e. The third-order valence-electron chi connectivity index (χ3n) is 4.86. The van der Waals surface area contributed by atoms with Crippen LogP contribution in [0.3, 0.4) is 0 Å². The van der Waals surface area contributed by atoms with Crippen LogP contribution in [0.1, 0.15) is 37.0 Å². The normalized spacial score (nSPS) is 22.6. The molecule has 6 nitrogen and oxygen atoms in total. The first-order valence-electron chi connectivity index (χ1n) is 9.04. The molecule has 2 aliphatic heterocycles. The number of carbonyl (C=O) groups is 1. The zero-order valence-electron chi connectivity index (χ0n) is 15.3. The highest BCUT2D eigenvalue weighted by molar-refractivity contribution is 7.89. The average molecular weight is 378 g/mol. The van der Waals surface area contributed by atoms with Crippen molar-refractivity contribution >= 4 is 15.9 Å². The number of ether oxygens (including phenoxy) is 1. The Morgan fingerprint density at radius 3 is 2.81 bits per heavy atom. The fourth-order valence-electron chi connectivity index (χ4n) is 3.27. The fourth-order valence-corrected chi connectivity index (χ4v) is 4.70. The molecule has 0 spiro atoms. The van der Waals surface area contributed by atoms with E-state index in [-0.39, 0.29) is 16.9 Å². The third kappa shape index (κ3) is 4.16. The van der Waals surface area contributed by atoms with E-state index in [0.717, 1.165) is 12.8 Å². The lowest BCUT2D eigenvalue weighted by Gasteiger charge is -2.25. The van der Waals surface area contributed by atoms with Crippen LogP contribution in [0.15, 0.2) is 40.8 Å². The molecule has 7 heteroatoms. The lowest BCUT2D eigenvalue weighted by molar-refractivity contribution is 0.0562. The molecule has 0 N–H and O–H groups in total. The zero-order chi connectivity index (χ0) is 18.7. The second-order valence-corrected chi connectivity index (χ2v) is 8.92. The summed E-state index contributed by atoms with van der Waals surface area (Å²) in [4.78, 5) is 14.8. The van der Waals surface area contributed by atoms with Gasteiger partial charge >= 0.3 is 0 Å². The molecule has 2 heterocycles. The molecule has 26 heavy (non-hydrogen) atoms. The highest BCUT2D eigenvalue weighted by atomic mass is 32.2. The molecule has 142 valence electrons. The maximum atomic E-state index is 12.9. The van der Waals surface area contributed by atoms with Gasteiger partial charge < -0.3 is 9.64 Å². The molecule has 1 atom stereocenters. The standard InChI is InChI=1S/C19H26N2O4S/c1-15-7-10-21(11-8-15)26(23,24)18-6-3-5-17(13-18)19(22)20-9-4-12-25-16(2)14-20/h3,5-7,13,16H,4,8-12,14H2,1-2H3/t16-/m0/s1. The Morgan fingerprint density at radius 1 is 1.27 bits per heavy atom. The third-order valence-corrected chi connectivity index (χ3v) is 6.72. The Labute approximate surface area is 155 Å². The second-order valence-electron chi connectivity index (χ2n) is 6.98. The van der Waals surface area contributed by atoms with E-state index in [0.29, 0.717) is 38.3 Å². The summed E-state index contributed by atoms with van der Waals surface area (Å²) in [5.74, 6) is -0.145. The summed E-state index contributed by atoms with van der Waals surface area (Å²) in [5, 5.41) is 0. The van der Waals surface area contributed by atoms with Crippen LogP contribution in [-0.2, 0) is 14.8 Å². The Hall–Kier alpha value is -1.70. The summed E-state index contributed by atoms with van der Waals surface area (Å²) < 4.78 is 32.9. The van der Waals surface area contributed by atoms with Gasteiger partial charge in [0, 0.05) is 38.3 Å². The molecule has 1 amide bonds. The van der Waals surface area contributed by atoms with E-state index in [1.165, 1.54) is 15.9 Å². The number of hydrogen-bond acceptors (Lipinski definition) is 4. The van der Waals surface area contributed by atoms with Gasteiger partial charge in [-0.1, -0.05) is 17.7 Å². The SMILES string of the molecule is CC1=CCN(S(=O)(=O)c2cccc(C(=O)N3CCCO[C@@H](C)C3)c2)CC1. The van der Waals surface area contributed by atoms with E-state index >= 15 is 0 Å². The van der Waals surface area contributed by atoms with E-state index in [1.54, 1.807) is 23.1 Å². The number of carbonyl (C=O) groups excluding carboxylic acids is 1. The van der Waals surface area contributed by atoms with Crippen LogP contribution >= 0.6 is 0 Å². The van der Waals surface area contributed by atoms with Gasteiger partial charge in [0.1, 0.15) is 0 Å². The summed E-state index contributed by atoms with van der Waals surface area (Å²) in [5.41, 5.74) is 1.61. The molecule has 0 bridgehead atoms. The van der Waals surface area contributed by atoms with Gasteiger partial charge in [0.05, 0.1) is 11.0 Å². The minimum Gasteiger partial charge on any atom is -0.377 e. The first-order chi connectivity index (χ1) is 12.4. The minimum absolute atomic E-state index is 0.0169. The number of sulfonamides is 1. The summed E-state index contributed by atoms with van der Waals surface area (Å²) in [7, 11) is -3.60. The van der Waals surface area contributed by atoms with Gasteiger partial charge in [-0.05, 0) is 44.9 Å². The predicted molar refractivity (Wildman–Crippen MR) is 99.5 cm³/mol.